The van der Waals surface area contributed by atoms with Crippen molar-refractivity contribution in [1.29, 1.82) is 0 Å². The van der Waals surface area contributed by atoms with Crippen molar-refractivity contribution in [3.8, 4) is 0 Å². The van der Waals surface area contributed by atoms with E-state index in [1.165, 1.54) is 5.56 Å². The van der Waals surface area contributed by atoms with E-state index in [-0.39, 0.29) is 0 Å². The molecule has 0 unspecified atom stereocenters. The number of halogens is 1. The summed E-state index contributed by atoms with van der Waals surface area (Å²) in [6.45, 7) is 6.53. The van der Waals surface area contributed by atoms with Crippen molar-refractivity contribution < 1.29 is 0 Å². The zero-order valence-electron chi connectivity index (χ0n) is 9.29. The van der Waals surface area contributed by atoms with Gasteiger partial charge in [0.1, 0.15) is 10.4 Å². The Bertz CT molecular complexity index is 486. The number of rotatable bonds is 2. The van der Waals surface area contributed by atoms with Crippen LogP contribution in [0.15, 0.2) is 22.9 Å². The molecule has 2 heterocycles. The molecule has 3 heteroatoms. The highest BCUT2D eigenvalue weighted by Crippen LogP contribution is 2.21. The SMILES string of the molecule is Cc1ccc2c(Br)nc(CC(C)C)n2c1. The first-order chi connectivity index (χ1) is 7.08. The molecule has 0 N–H and O–H groups in total. The monoisotopic (exact) mass is 266 g/mol. The van der Waals surface area contributed by atoms with Crippen LogP contribution in [-0.4, -0.2) is 9.38 Å². The zero-order valence-corrected chi connectivity index (χ0v) is 10.9. The van der Waals surface area contributed by atoms with Crippen molar-refractivity contribution in [3.05, 3.63) is 34.3 Å². The van der Waals surface area contributed by atoms with Crippen LogP contribution in [0.25, 0.3) is 5.52 Å². The highest BCUT2D eigenvalue weighted by atomic mass is 79.9. The lowest BCUT2D eigenvalue weighted by Gasteiger charge is -2.04. The maximum absolute atomic E-state index is 4.55. The van der Waals surface area contributed by atoms with Crippen LogP contribution in [0.2, 0.25) is 0 Å². The Morgan fingerprint density at radius 2 is 2.13 bits per heavy atom. The summed E-state index contributed by atoms with van der Waals surface area (Å²) in [7, 11) is 0. The number of pyridine rings is 1. The third kappa shape index (κ3) is 2.07. The molecule has 0 fully saturated rings. The first kappa shape index (κ1) is 10.7. The second-order valence-electron chi connectivity index (χ2n) is 4.38. The highest BCUT2D eigenvalue weighted by molar-refractivity contribution is 9.10. The minimum Gasteiger partial charge on any atom is -0.302 e. The Labute approximate surface area is 98.5 Å². The van der Waals surface area contributed by atoms with E-state index in [0.29, 0.717) is 5.92 Å². The lowest BCUT2D eigenvalue weighted by atomic mass is 10.1. The normalized spacial score (nSPS) is 11.5. The molecular formula is C12H15BrN2. The van der Waals surface area contributed by atoms with E-state index in [1.807, 2.05) is 0 Å². The third-order valence-corrected chi connectivity index (χ3v) is 2.99. The average molecular weight is 267 g/mol. The van der Waals surface area contributed by atoms with Crippen LogP contribution in [0.4, 0.5) is 0 Å². The molecule has 0 saturated heterocycles. The summed E-state index contributed by atoms with van der Waals surface area (Å²) in [6, 6.07) is 4.22. The summed E-state index contributed by atoms with van der Waals surface area (Å²) >= 11 is 3.50. The fourth-order valence-corrected chi connectivity index (χ4v) is 2.25. The van der Waals surface area contributed by atoms with Gasteiger partial charge in [-0.1, -0.05) is 19.9 Å². The Morgan fingerprint density at radius 3 is 2.80 bits per heavy atom. The number of aryl methyl sites for hydroxylation is 1. The maximum atomic E-state index is 4.55. The van der Waals surface area contributed by atoms with Gasteiger partial charge < -0.3 is 4.40 Å². The maximum Gasteiger partial charge on any atom is 0.132 e. The van der Waals surface area contributed by atoms with Crippen molar-refractivity contribution >= 4 is 21.4 Å². The molecule has 0 bridgehead atoms. The van der Waals surface area contributed by atoms with Crippen LogP contribution in [-0.2, 0) is 6.42 Å². The number of imidazole rings is 1. The first-order valence-corrected chi connectivity index (χ1v) is 6.00. The van der Waals surface area contributed by atoms with Crippen LogP contribution < -0.4 is 0 Å². The van der Waals surface area contributed by atoms with Gasteiger partial charge in [-0.05, 0) is 40.4 Å². The number of hydrogen-bond acceptors (Lipinski definition) is 1. The quantitative estimate of drug-likeness (QED) is 0.812. The Kier molecular flexibility index (Phi) is 2.83. The lowest BCUT2D eigenvalue weighted by molar-refractivity contribution is 0.618. The Hall–Kier alpha value is -0.830. The van der Waals surface area contributed by atoms with Crippen LogP contribution in [0.3, 0.4) is 0 Å². The summed E-state index contributed by atoms with van der Waals surface area (Å²) in [6.07, 6.45) is 3.15. The molecule has 0 aliphatic carbocycles. The molecule has 0 spiro atoms. The summed E-state index contributed by atoms with van der Waals surface area (Å²) in [4.78, 5) is 4.55. The largest absolute Gasteiger partial charge is 0.302 e. The standard InChI is InChI=1S/C12H15BrN2/c1-8(2)6-11-14-12(13)10-5-4-9(3)7-15(10)11/h4-5,7-8H,6H2,1-3H3. The van der Waals surface area contributed by atoms with Crippen molar-refractivity contribution in [2.24, 2.45) is 5.92 Å². The number of hydrogen-bond donors (Lipinski definition) is 0. The van der Waals surface area contributed by atoms with Crippen molar-refractivity contribution in [2.75, 3.05) is 0 Å². The molecule has 0 saturated carbocycles. The zero-order chi connectivity index (χ0) is 11.0. The van der Waals surface area contributed by atoms with Gasteiger partial charge >= 0.3 is 0 Å². The van der Waals surface area contributed by atoms with E-state index in [9.17, 15) is 0 Å². The van der Waals surface area contributed by atoms with E-state index < -0.39 is 0 Å². The van der Waals surface area contributed by atoms with E-state index in [1.54, 1.807) is 0 Å². The van der Waals surface area contributed by atoms with Gasteiger partial charge in [0.05, 0.1) is 5.52 Å². The molecule has 0 radical (unpaired) electrons. The van der Waals surface area contributed by atoms with Crippen LogP contribution in [0.1, 0.15) is 25.2 Å². The molecule has 2 aromatic heterocycles. The van der Waals surface area contributed by atoms with Gasteiger partial charge in [0, 0.05) is 12.6 Å². The third-order valence-electron chi connectivity index (χ3n) is 2.40. The first-order valence-electron chi connectivity index (χ1n) is 5.21. The number of nitrogens with zero attached hydrogens (tertiary/aromatic N) is 2. The van der Waals surface area contributed by atoms with Crippen molar-refractivity contribution in [1.82, 2.24) is 9.38 Å². The topological polar surface area (TPSA) is 17.3 Å². The van der Waals surface area contributed by atoms with Crippen LogP contribution in [0, 0.1) is 12.8 Å². The molecule has 2 aromatic rings. The van der Waals surface area contributed by atoms with E-state index >= 15 is 0 Å². The second kappa shape index (κ2) is 3.97. The molecule has 80 valence electrons. The van der Waals surface area contributed by atoms with Gasteiger partial charge in [-0.3, -0.25) is 0 Å². The van der Waals surface area contributed by atoms with Gasteiger partial charge in [-0.25, -0.2) is 4.98 Å². The second-order valence-corrected chi connectivity index (χ2v) is 5.13. The van der Waals surface area contributed by atoms with E-state index in [0.717, 1.165) is 22.4 Å². The van der Waals surface area contributed by atoms with Gasteiger partial charge in [-0.2, -0.15) is 0 Å². The minimum absolute atomic E-state index is 0.628. The van der Waals surface area contributed by atoms with Gasteiger partial charge in [0.2, 0.25) is 0 Å². The molecule has 15 heavy (non-hydrogen) atoms. The molecule has 0 aromatic carbocycles. The predicted molar refractivity (Wildman–Crippen MR) is 66.2 cm³/mol. The molecule has 2 nitrogen and oxygen atoms in total. The van der Waals surface area contributed by atoms with E-state index in [2.05, 4.69) is 64.4 Å². The van der Waals surface area contributed by atoms with Crippen molar-refractivity contribution in [3.63, 3.8) is 0 Å². The lowest BCUT2D eigenvalue weighted by Crippen LogP contribution is -2.00. The Balaban J connectivity index is 2.59. The fraction of sp³-hybridized carbons (Fsp3) is 0.417. The Morgan fingerprint density at radius 1 is 1.40 bits per heavy atom. The van der Waals surface area contributed by atoms with E-state index in [4.69, 9.17) is 0 Å². The van der Waals surface area contributed by atoms with Crippen LogP contribution >= 0.6 is 15.9 Å². The number of fused-ring (bicyclic) bond motifs is 1. The smallest absolute Gasteiger partial charge is 0.132 e. The summed E-state index contributed by atoms with van der Waals surface area (Å²) in [5.74, 6) is 1.76. The van der Waals surface area contributed by atoms with Crippen LogP contribution in [0.5, 0.6) is 0 Å². The average Bonchev–Trinajstić information content (AvgIpc) is 2.42. The molecule has 2 rings (SSSR count). The van der Waals surface area contributed by atoms with Crippen molar-refractivity contribution in [2.45, 2.75) is 27.2 Å². The fourth-order valence-electron chi connectivity index (χ4n) is 1.72. The minimum atomic E-state index is 0.628. The van der Waals surface area contributed by atoms with Gasteiger partial charge in [0.15, 0.2) is 0 Å². The molecule has 0 aliphatic heterocycles. The molecule has 0 aliphatic rings. The summed E-state index contributed by atoms with van der Waals surface area (Å²) in [5.41, 5.74) is 2.41. The summed E-state index contributed by atoms with van der Waals surface area (Å²) < 4.78 is 3.12. The molecular weight excluding hydrogens is 252 g/mol. The summed E-state index contributed by atoms with van der Waals surface area (Å²) in [5, 5.41) is 0. The molecule has 0 amide bonds. The predicted octanol–water partition coefficient (Wildman–Crippen LogP) is 3.60. The molecule has 0 atom stereocenters. The highest BCUT2D eigenvalue weighted by Gasteiger charge is 2.09. The van der Waals surface area contributed by atoms with Gasteiger partial charge in [-0.15, -0.1) is 0 Å². The number of aromatic nitrogens is 2. The van der Waals surface area contributed by atoms with Gasteiger partial charge in [0.25, 0.3) is 0 Å².